The zero-order valence-corrected chi connectivity index (χ0v) is 16.5. The van der Waals surface area contributed by atoms with Crippen molar-refractivity contribution in [3.63, 3.8) is 0 Å². The molecule has 2 unspecified atom stereocenters. The van der Waals surface area contributed by atoms with Crippen LogP contribution in [0.5, 0.6) is 0 Å². The molecular formula is C22H28N2O4. The Morgan fingerprint density at radius 2 is 1.89 bits per heavy atom. The van der Waals surface area contributed by atoms with E-state index in [2.05, 4.69) is 4.90 Å². The molecule has 3 heterocycles. The average molecular weight is 384 g/mol. The van der Waals surface area contributed by atoms with Crippen molar-refractivity contribution < 1.29 is 14.6 Å². The molecule has 2 atom stereocenters. The number of para-hydroxylation sites is 1. The van der Waals surface area contributed by atoms with Crippen molar-refractivity contribution in [1.29, 1.82) is 0 Å². The summed E-state index contributed by atoms with van der Waals surface area (Å²) in [4.78, 5) is 28.3. The highest BCUT2D eigenvalue weighted by atomic mass is 16.5. The molecule has 0 saturated carbocycles. The van der Waals surface area contributed by atoms with Crippen LogP contribution >= 0.6 is 0 Å². The van der Waals surface area contributed by atoms with Crippen LogP contribution < -0.4 is 5.56 Å². The van der Waals surface area contributed by atoms with E-state index in [1.807, 2.05) is 38.1 Å². The Hall–Kier alpha value is -2.18. The third-order valence-corrected chi connectivity index (χ3v) is 6.15. The molecule has 2 aromatic rings. The summed E-state index contributed by atoms with van der Waals surface area (Å²) < 4.78 is 7.47. The molecule has 28 heavy (non-hydrogen) atoms. The van der Waals surface area contributed by atoms with Crippen LogP contribution in [-0.4, -0.2) is 51.9 Å². The molecule has 1 aromatic heterocycles. The molecule has 2 saturated heterocycles. The van der Waals surface area contributed by atoms with Crippen LogP contribution in [0.3, 0.4) is 0 Å². The van der Waals surface area contributed by atoms with Gasteiger partial charge in [0.05, 0.1) is 12.1 Å². The Labute approximate surface area is 164 Å². The molecule has 1 N–H and O–H groups in total. The number of carbonyl (C=O) groups is 1. The van der Waals surface area contributed by atoms with Crippen molar-refractivity contribution in [1.82, 2.24) is 9.47 Å². The molecule has 2 fully saturated rings. The SMILES string of the molecule is CC(C)n1c(=O)c(C(=O)OC2CC3CCC(C2)N3CCO)cc2ccccc21. The Balaban J connectivity index is 1.59. The highest BCUT2D eigenvalue weighted by Gasteiger charge is 2.41. The minimum atomic E-state index is -0.523. The number of hydrogen-bond donors (Lipinski definition) is 1. The van der Waals surface area contributed by atoms with Crippen molar-refractivity contribution in [3.8, 4) is 0 Å². The number of rotatable bonds is 5. The van der Waals surface area contributed by atoms with Gasteiger partial charge in [-0.15, -0.1) is 0 Å². The summed E-state index contributed by atoms with van der Waals surface area (Å²) in [6.45, 7) is 4.72. The van der Waals surface area contributed by atoms with E-state index in [1.165, 1.54) is 0 Å². The molecule has 0 amide bonds. The lowest BCUT2D eigenvalue weighted by atomic mass is 9.99. The van der Waals surface area contributed by atoms with Crippen molar-refractivity contribution in [2.75, 3.05) is 13.2 Å². The first-order chi connectivity index (χ1) is 13.5. The molecule has 2 aliphatic rings. The first-order valence-corrected chi connectivity index (χ1v) is 10.2. The van der Waals surface area contributed by atoms with Gasteiger partial charge in [0.1, 0.15) is 11.7 Å². The maximum Gasteiger partial charge on any atom is 0.344 e. The molecule has 0 spiro atoms. The minimum Gasteiger partial charge on any atom is -0.459 e. The van der Waals surface area contributed by atoms with Crippen molar-refractivity contribution >= 4 is 16.9 Å². The number of piperidine rings is 1. The summed E-state index contributed by atoms with van der Waals surface area (Å²) in [5, 5.41) is 10.1. The number of aliphatic hydroxyl groups is 1. The van der Waals surface area contributed by atoms with Crippen molar-refractivity contribution in [2.24, 2.45) is 0 Å². The lowest BCUT2D eigenvalue weighted by Gasteiger charge is -2.38. The van der Waals surface area contributed by atoms with Crippen LogP contribution in [-0.2, 0) is 4.74 Å². The fourth-order valence-corrected chi connectivity index (χ4v) is 4.96. The molecule has 150 valence electrons. The zero-order chi connectivity index (χ0) is 19.8. The van der Waals surface area contributed by atoms with Gasteiger partial charge in [-0.2, -0.15) is 0 Å². The summed E-state index contributed by atoms with van der Waals surface area (Å²) in [5.41, 5.74) is 0.645. The van der Waals surface area contributed by atoms with Gasteiger partial charge in [0.25, 0.3) is 5.56 Å². The Morgan fingerprint density at radius 3 is 2.54 bits per heavy atom. The summed E-state index contributed by atoms with van der Waals surface area (Å²) >= 11 is 0. The van der Waals surface area contributed by atoms with E-state index in [1.54, 1.807) is 10.6 Å². The molecule has 4 rings (SSSR count). The Kier molecular flexibility index (Phi) is 5.25. The van der Waals surface area contributed by atoms with Crippen LogP contribution in [0.25, 0.3) is 10.9 Å². The number of carbonyl (C=O) groups excluding carboxylic acids is 1. The lowest BCUT2D eigenvalue weighted by molar-refractivity contribution is -0.00935. The molecular weight excluding hydrogens is 356 g/mol. The number of nitrogens with zero attached hydrogens (tertiary/aromatic N) is 2. The number of esters is 1. The van der Waals surface area contributed by atoms with Gasteiger partial charge in [-0.3, -0.25) is 9.69 Å². The van der Waals surface area contributed by atoms with Crippen LogP contribution in [0.4, 0.5) is 0 Å². The van der Waals surface area contributed by atoms with Gasteiger partial charge in [0.2, 0.25) is 0 Å². The number of hydrogen-bond acceptors (Lipinski definition) is 5. The normalized spacial score (nSPS) is 24.8. The van der Waals surface area contributed by atoms with E-state index >= 15 is 0 Å². The molecule has 1 aromatic carbocycles. The molecule has 2 bridgehead atoms. The van der Waals surface area contributed by atoms with E-state index < -0.39 is 5.97 Å². The highest BCUT2D eigenvalue weighted by molar-refractivity contribution is 5.94. The summed E-state index contributed by atoms with van der Waals surface area (Å²) in [7, 11) is 0. The molecule has 0 radical (unpaired) electrons. The van der Waals surface area contributed by atoms with E-state index in [9.17, 15) is 14.7 Å². The molecule has 0 aliphatic carbocycles. The third-order valence-electron chi connectivity index (χ3n) is 6.15. The highest BCUT2D eigenvalue weighted by Crippen LogP contribution is 2.36. The largest absolute Gasteiger partial charge is 0.459 e. The molecule has 6 heteroatoms. The second-order valence-corrected chi connectivity index (χ2v) is 8.23. The quantitative estimate of drug-likeness (QED) is 0.803. The van der Waals surface area contributed by atoms with Crippen LogP contribution in [0.1, 0.15) is 55.9 Å². The van der Waals surface area contributed by atoms with Crippen LogP contribution in [0, 0.1) is 0 Å². The molecule has 6 nitrogen and oxygen atoms in total. The van der Waals surface area contributed by atoms with Gasteiger partial charge in [0, 0.05) is 37.5 Å². The van der Waals surface area contributed by atoms with E-state index in [0.29, 0.717) is 18.6 Å². The second-order valence-electron chi connectivity index (χ2n) is 8.23. The first kappa shape index (κ1) is 19.2. The fraction of sp³-hybridized carbons (Fsp3) is 0.545. The van der Waals surface area contributed by atoms with Gasteiger partial charge in [-0.1, -0.05) is 18.2 Å². The van der Waals surface area contributed by atoms with Crippen LogP contribution in [0.2, 0.25) is 0 Å². The summed E-state index contributed by atoms with van der Waals surface area (Å²) in [5.74, 6) is -0.523. The summed E-state index contributed by atoms with van der Waals surface area (Å²) in [6, 6.07) is 9.94. The zero-order valence-electron chi connectivity index (χ0n) is 16.5. The van der Waals surface area contributed by atoms with E-state index in [-0.39, 0.29) is 29.9 Å². The smallest absolute Gasteiger partial charge is 0.344 e. The standard InChI is InChI=1S/C22H28N2O4/c1-14(2)24-20-6-4-3-5-15(20)11-19(21(24)26)22(27)28-18-12-16-7-8-17(13-18)23(16)9-10-25/h3-6,11,14,16-18,25H,7-10,12-13H2,1-2H3. The predicted molar refractivity (Wildman–Crippen MR) is 108 cm³/mol. The van der Waals surface area contributed by atoms with Gasteiger partial charge < -0.3 is 14.4 Å². The maximum atomic E-state index is 13.0. The number of aliphatic hydroxyl groups excluding tert-OH is 1. The predicted octanol–water partition coefficient (Wildman–Crippen LogP) is 2.73. The van der Waals surface area contributed by atoms with Crippen molar-refractivity contribution in [2.45, 2.75) is 63.8 Å². The number of benzene rings is 1. The maximum absolute atomic E-state index is 13.0. The Bertz CT molecular complexity index is 922. The van der Waals surface area contributed by atoms with Gasteiger partial charge in [0.15, 0.2) is 0 Å². The number of pyridine rings is 1. The van der Waals surface area contributed by atoms with Gasteiger partial charge in [-0.25, -0.2) is 4.79 Å². The lowest BCUT2D eigenvalue weighted by Crippen LogP contribution is -2.47. The fourth-order valence-electron chi connectivity index (χ4n) is 4.96. The van der Waals surface area contributed by atoms with Gasteiger partial charge in [-0.05, 0) is 44.2 Å². The number of fused-ring (bicyclic) bond motifs is 3. The second kappa shape index (κ2) is 7.68. The first-order valence-electron chi connectivity index (χ1n) is 10.2. The number of aromatic nitrogens is 1. The van der Waals surface area contributed by atoms with Crippen LogP contribution in [0.15, 0.2) is 35.1 Å². The summed E-state index contributed by atoms with van der Waals surface area (Å²) in [6.07, 6.45) is 3.53. The Morgan fingerprint density at radius 1 is 1.21 bits per heavy atom. The average Bonchev–Trinajstić information content (AvgIpc) is 2.90. The number of ether oxygens (including phenoxy) is 1. The third kappa shape index (κ3) is 3.35. The minimum absolute atomic E-state index is 0.0530. The van der Waals surface area contributed by atoms with E-state index in [4.69, 9.17) is 4.74 Å². The van der Waals surface area contributed by atoms with Crippen molar-refractivity contribution in [3.05, 3.63) is 46.2 Å². The van der Waals surface area contributed by atoms with E-state index in [0.717, 1.165) is 36.6 Å². The molecule has 2 aliphatic heterocycles. The monoisotopic (exact) mass is 384 g/mol. The topological polar surface area (TPSA) is 71.8 Å². The van der Waals surface area contributed by atoms with Gasteiger partial charge >= 0.3 is 5.97 Å².